The average molecular weight is 391 g/mol. The second-order valence-electron chi connectivity index (χ2n) is 6.22. The van der Waals surface area contributed by atoms with Gasteiger partial charge in [-0.1, -0.05) is 46.4 Å². The molecular weight excluding hydrogens is 356 g/mol. The minimum atomic E-state index is -1.15. The van der Waals surface area contributed by atoms with Gasteiger partial charge in [-0.3, -0.25) is 19.2 Å². The highest BCUT2D eigenvalue weighted by Gasteiger charge is 2.35. The Balaban J connectivity index is 0. The molecule has 5 heteroatoms. The van der Waals surface area contributed by atoms with Gasteiger partial charge < -0.3 is 4.74 Å². The van der Waals surface area contributed by atoms with Crippen LogP contribution in [0.1, 0.15) is 53.9 Å². The molecule has 0 amide bonds. The Hall–Kier alpha value is -2.56. The molecule has 0 saturated carbocycles. The number of ketones is 3. The number of ether oxygens (including phenoxy) is 1. The minimum absolute atomic E-state index is 0.110. The fourth-order valence-electron chi connectivity index (χ4n) is 2.73. The molecule has 0 fully saturated rings. The number of Topliss-reactive ketones (excluding diaryl/α,β-unsaturated/α-hetero) is 2. The van der Waals surface area contributed by atoms with E-state index >= 15 is 0 Å². The van der Waals surface area contributed by atoms with Crippen LogP contribution in [0.3, 0.4) is 0 Å². The van der Waals surface area contributed by atoms with Gasteiger partial charge in [-0.2, -0.15) is 0 Å². The van der Waals surface area contributed by atoms with Crippen LogP contribution in [0.25, 0.3) is 0 Å². The van der Waals surface area contributed by atoms with Crippen molar-refractivity contribution < 1.29 is 23.9 Å². The first-order chi connectivity index (χ1) is 13.2. The molecule has 0 aliphatic rings. The third kappa shape index (κ3) is 9.40. The summed E-state index contributed by atoms with van der Waals surface area (Å²) in [4.78, 5) is 47.3. The Bertz CT molecular complexity index is 612. The first-order valence-electron chi connectivity index (χ1n) is 9.52. The summed E-state index contributed by atoms with van der Waals surface area (Å²) < 4.78 is 5.05. The van der Waals surface area contributed by atoms with Crippen LogP contribution >= 0.6 is 0 Å². The van der Waals surface area contributed by atoms with Crippen molar-refractivity contribution in [2.24, 2.45) is 11.8 Å². The van der Waals surface area contributed by atoms with Crippen LogP contribution in [0.15, 0.2) is 49.1 Å². The van der Waals surface area contributed by atoms with Crippen molar-refractivity contribution in [2.75, 3.05) is 0 Å². The van der Waals surface area contributed by atoms with E-state index in [2.05, 4.69) is 19.7 Å². The molecule has 28 heavy (non-hydrogen) atoms. The molecule has 3 atom stereocenters. The molecule has 0 aromatic heterocycles. The largest absolute Gasteiger partial charge is 0.456 e. The first kappa shape index (κ1) is 27.7. The van der Waals surface area contributed by atoms with Crippen LogP contribution in [0.4, 0.5) is 0 Å². The molecule has 0 bridgehead atoms. The third-order valence-electron chi connectivity index (χ3n) is 4.16. The topological polar surface area (TPSA) is 77.5 Å². The number of carbonyl (C=O) groups excluding carboxylic acids is 4. The van der Waals surface area contributed by atoms with Gasteiger partial charge in [0.25, 0.3) is 6.47 Å². The summed E-state index contributed by atoms with van der Waals surface area (Å²) >= 11 is 0. The molecule has 0 rings (SSSR count). The van der Waals surface area contributed by atoms with Gasteiger partial charge in [0.1, 0.15) is 0 Å². The molecule has 1 unspecified atom stereocenters. The van der Waals surface area contributed by atoms with E-state index in [0.29, 0.717) is 12.0 Å². The average Bonchev–Trinajstić information content (AvgIpc) is 2.68. The van der Waals surface area contributed by atoms with Crippen LogP contribution in [-0.4, -0.2) is 29.9 Å². The lowest BCUT2D eigenvalue weighted by Crippen LogP contribution is -2.37. The summed E-state index contributed by atoms with van der Waals surface area (Å²) in [5.41, 5.74) is 0.579. The zero-order valence-electron chi connectivity index (χ0n) is 17.8. The molecule has 0 saturated heterocycles. The maximum absolute atomic E-state index is 12.7. The van der Waals surface area contributed by atoms with Crippen LogP contribution in [-0.2, 0) is 23.9 Å². The third-order valence-corrected chi connectivity index (χ3v) is 4.16. The molecular formula is C23H34O5. The maximum atomic E-state index is 12.7. The fraction of sp³-hybridized carbons (Fsp3) is 0.478. The van der Waals surface area contributed by atoms with Crippen molar-refractivity contribution in [3.63, 3.8) is 0 Å². The second kappa shape index (κ2) is 15.5. The Labute approximate surface area is 169 Å². The Morgan fingerprint density at radius 3 is 2.07 bits per heavy atom. The highest BCUT2D eigenvalue weighted by atomic mass is 16.5. The summed E-state index contributed by atoms with van der Waals surface area (Å²) in [6, 6.07) is 0. The summed E-state index contributed by atoms with van der Waals surface area (Å²) in [6.07, 6.45) is 4.22. The highest BCUT2D eigenvalue weighted by Crippen LogP contribution is 2.30. The summed E-state index contributed by atoms with van der Waals surface area (Å²) in [6.45, 7) is 20.0. The standard InChI is InChI=1S/C21H28O5.C2H6/c1-7-10-16(12-19(24)14(4)5)18(9-3)21(26-13-22)20(25)15(6)11-17(23)8-2;1-2/h8-9,11,13,16,18,21H,2-4,7,10,12H2,1,5-6H3;1-2H3/b15-11-;/t16-,18?,21+;/m1./s1. The van der Waals surface area contributed by atoms with E-state index in [-0.39, 0.29) is 30.2 Å². The number of hydrogen-bond acceptors (Lipinski definition) is 5. The van der Waals surface area contributed by atoms with Gasteiger partial charge in [0.2, 0.25) is 0 Å². The predicted octanol–water partition coefficient (Wildman–Crippen LogP) is 4.58. The van der Waals surface area contributed by atoms with Gasteiger partial charge in [-0.05, 0) is 49.5 Å². The molecule has 5 nitrogen and oxygen atoms in total. The Kier molecular flexibility index (Phi) is 15.3. The molecule has 156 valence electrons. The lowest BCUT2D eigenvalue weighted by Gasteiger charge is -2.29. The van der Waals surface area contributed by atoms with E-state index < -0.39 is 23.6 Å². The minimum Gasteiger partial charge on any atom is -0.456 e. The molecule has 0 aliphatic carbocycles. The molecule has 0 aromatic carbocycles. The van der Waals surface area contributed by atoms with Gasteiger partial charge in [0.05, 0.1) is 0 Å². The van der Waals surface area contributed by atoms with Gasteiger partial charge >= 0.3 is 0 Å². The van der Waals surface area contributed by atoms with Gasteiger partial charge in [-0.25, -0.2) is 0 Å². The van der Waals surface area contributed by atoms with Crippen molar-refractivity contribution in [2.45, 2.75) is 60.0 Å². The monoisotopic (exact) mass is 390 g/mol. The Morgan fingerprint density at radius 2 is 1.68 bits per heavy atom. The molecule has 0 spiro atoms. The predicted molar refractivity (Wildman–Crippen MR) is 113 cm³/mol. The summed E-state index contributed by atoms with van der Waals surface area (Å²) in [5.74, 6) is -1.82. The maximum Gasteiger partial charge on any atom is 0.293 e. The summed E-state index contributed by atoms with van der Waals surface area (Å²) in [7, 11) is 0. The van der Waals surface area contributed by atoms with E-state index in [4.69, 9.17) is 4.74 Å². The number of carbonyl (C=O) groups is 4. The van der Waals surface area contributed by atoms with Crippen LogP contribution < -0.4 is 0 Å². The van der Waals surface area contributed by atoms with Gasteiger partial charge in [0.15, 0.2) is 23.5 Å². The van der Waals surface area contributed by atoms with Gasteiger partial charge in [0, 0.05) is 12.3 Å². The summed E-state index contributed by atoms with van der Waals surface area (Å²) in [5, 5.41) is 0. The molecule has 0 heterocycles. The highest BCUT2D eigenvalue weighted by molar-refractivity contribution is 6.08. The van der Waals surface area contributed by atoms with E-state index in [0.717, 1.165) is 18.6 Å². The number of hydrogen-bond donors (Lipinski definition) is 0. The molecule has 0 radical (unpaired) electrons. The zero-order chi connectivity index (χ0) is 22.3. The lowest BCUT2D eigenvalue weighted by atomic mass is 9.78. The number of allylic oxidation sites excluding steroid dienone is 3. The van der Waals surface area contributed by atoms with Gasteiger partial charge in [-0.15, -0.1) is 6.58 Å². The van der Waals surface area contributed by atoms with E-state index in [1.165, 1.54) is 13.0 Å². The second-order valence-corrected chi connectivity index (χ2v) is 6.22. The van der Waals surface area contributed by atoms with E-state index in [9.17, 15) is 19.2 Å². The quantitative estimate of drug-likeness (QED) is 0.246. The van der Waals surface area contributed by atoms with Crippen LogP contribution in [0.2, 0.25) is 0 Å². The number of rotatable bonds is 14. The fourth-order valence-corrected chi connectivity index (χ4v) is 2.73. The molecule has 0 aliphatic heterocycles. The van der Waals surface area contributed by atoms with E-state index in [1.54, 1.807) is 6.92 Å². The van der Waals surface area contributed by atoms with Crippen molar-refractivity contribution in [3.05, 3.63) is 49.1 Å². The zero-order valence-corrected chi connectivity index (χ0v) is 17.8. The molecule has 0 N–H and O–H groups in total. The SMILES string of the molecule is C=CC(=O)/C=C(/C)C(=O)[C@@H](OC=O)C(C=C)[C@H](CCC)CC(=O)C(=C)C.CC. The smallest absolute Gasteiger partial charge is 0.293 e. The molecule has 0 aromatic rings. The normalized spacial score (nSPS) is 13.7. The first-order valence-corrected chi connectivity index (χ1v) is 9.52. The van der Waals surface area contributed by atoms with Crippen molar-refractivity contribution in [1.29, 1.82) is 0 Å². The van der Waals surface area contributed by atoms with Crippen molar-refractivity contribution >= 4 is 23.8 Å². The van der Waals surface area contributed by atoms with Crippen LogP contribution in [0, 0.1) is 11.8 Å². The van der Waals surface area contributed by atoms with Crippen LogP contribution in [0.5, 0.6) is 0 Å². The Morgan fingerprint density at radius 1 is 1.11 bits per heavy atom. The van der Waals surface area contributed by atoms with Crippen molar-refractivity contribution in [1.82, 2.24) is 0 Å². The van der Waals surface area contributed by atoms with E-state index in [1.807, 2.05) is 20.8 Å². The van der Waals surface area contributed by atoms with Crippen molar-refractivity contribution in [3.8, 4) is 0 Å². The lowest BCUT2D eigenvalue weighted by molar-refractivity contribution is -0.145.